The highest BCUT2D eigenvalue weighted by Crippen LogP contribution is 2.42. The molecule has 0 saturated heterocycles. The minimum atomic E-state index is -0.370. The van der Waals surface area contributed by atoms with Gasteiger partial charge in [-0.3, -0.25) is 4.79 Å². The number of carbonyl (C=O) groups excluding carboxylic acids is 2. The zero-order valence-electron chi connectivity index (χ0n) is 15.2. The number of unbranched alkanes of at least 4 members (excludes halogenated alkanes) is 1. The van der Waals surface area contributed by atoms with Crippen molar-refractivity contribution in [2.24, 2.45) is 0 Å². The van der Waals surface area contributed by atoms with Crippen LogP contribution in [0.2, 0.25) is 0 Å². The fraction of sp³-hybridized carbons (Fsp3) is 0.429. The lowest BCUT2D eigenvalue weighted by Crippen LogP contribution is -2.34. The Labute approximate surface area is 162 Å². The summed E-state index contributed by atoms with van der Waals surface area (Å²) in [5.74, 6) is -0.584. The number of esters is 1. The first-order valence-electron chi connectivity index (χ1n) is 9.19. The highest BCUT2D eigenvalue weighted by Gasteiger charge is 2.39. The third kappa shape index (κ3) is 3.78. The molecule has 0 amide bonds. The second kappa shape index (κ2) is 8.21. The molecule has 0 radical (unpaired) electrons. The van der Waals surface area contributed by atoms with E-state index in [1.54, 1.807) is 0 Å². The van der Waals surface area contributed by atoms with Gasteiger partial charge in [-0.15, -0.1) is 0 Å². The van der Waals surface area contributed by atoms with Gasteiger partial charge < -0.3 is 10.1 Å². The third-order valence-corrected chi connectivity index (χ3v) is 5.40. The Kier molecular flexibility index (Phi) is 5.97. The van der Waals surface area contributed by atoms with Crippen molar-refractivity contribution in [1.82, 2.24) is 5.32 Å². The Hall–Kier alpha value is -1.88. The van der Waals surface area contributed by atoms with E-state index in [0.717, 1.165) is 52.7 Å². The van der Waals surface area contributed by atoms with Crippen LogP contribution < -0.4 is 5.32 Å². The topological polar surface area (TPSA) is 55.4 Å². The molecule has 1 aromatic carbocycles. The van der Waals surface area contributed by atoms with Crippen LogP contribution in [0.4, 0.5) is 0 Å². The molecular formula is C21H24BrNO3. The zero-order chi connectivity index (χ0) is 18.7. The number of Topliss-reactive ketones (excluding diaryl/α,β-unsaturated/α-hetero) is 1. The van der Waals surface area contributed by atoms with Crippen LogP contribution in [-0.4, -0.2) is 18.4 Å². The van der Waals surface area contributed by atoms with E-state index < -0.39 is 0 Å². The lowest BCUT2D eigenvalue weighted by atomic mass is 9.75. The molecule has 0 spiro atoms. The van der Waals surface area contributed by atoms with Crippen LogP contribution in [0.5, 0.6) is 0 Å². The molecule has 1 N–H and O–H groups in total. The number of ketones is 1. The van der Waals surface area contributed by atoms with Crippen molar-refractivity contribution in [2.45, 2.75) is 51.9 Å². The molecule has 2 aliphatic rings. The quantitative estimate of drug-likeness (QED) is 0.554. The normalized spacial score (nSPS) is 20.0. The van der Waals surface area contributed by atoms with E-state index >= 15 is 0 Å². The van der Waals surface area contributed by atoms with Gasteiger partial charge in [-0.05, 0) is 43.9 Å². The number of carbonyl (C=O) groups is 2. The highest BCUT2D eigenvalue weighted by atomic mass is 79.9. The Bertz CT molecular complexity index is 794. The summed E-state index contributed by atoms with van der Waals surface area (Å²) in [5.41, 5.74) is 3.94. The average Bonchev–Trinajstić information content (AvgIpc) is 2.61. The zero-order valence-corrected chi connectivity index (χ0v) is 16.8. The molecule has 1 aliphatic heterocycles. The molecular weight excluding hydrogens is 394 g/mol. The number of benzene rings is 1. The lowest BCUT2D eigenvalue weighted by Gasteiger charge is -2.34. The van der Waals surface area contributed by atoms with E-state index in [1.807, 2.05) is 31.2 Å². The van der Waals surface area contributed by atoms with E-state index in [-0.39, 0.29) is 17.7 Å². The van der Waals surface area contributed by atoms with E-state index in [2.05, 4.69) is 28.2 Å². The predicted molar refractivity (Wildman–Crippen MR) is 104 cm³/mol. The molecule has 1 aliphatic carbocycles. The number of rotatable bonds is 5. The molecule has 1 atom stereocenters. The number of hydrogen-bond acceptors (Lipinski definition) is 4. The van der Waals surface area contributed by atoms with E-state index in [9.17, 15) is 9.59 Å². The fourth-order valence-electron chi connectivity index (χ4n) is 3.66. The van der Waals surface area contributed by atoms with Gasteiger partial charge in [0.15, 0.2) is 5.78 Å². The first-order chi connectivity index (χ1) is 12.5. The van der Waals surface area contributed by atoms with E-state index in [0.29, 0.717) is 18.6 Å². The second-order valence-corrected chi connectivity index (χ2v) is 7.73. The van der Waals surface area contributed by atoms with Crippen LogP contribution in [0.1, 0.15) is 57.4 Å². The smallest absolute Gasteiger partial charge is 0.336 e. The van der Waals surface area contributed by atoms with Crippen molar-refractivity contribution in [3.05, 3.63) is 56.8 Å². The van der Waals surface area contributed by atoms with Gasteiger partial charge in [0, 0.05) is 33.8 Å². The maximum atomic E-state index is 12.9. The summed E-state index contributed by atoms with van der Waals surface area (Å²) in [7, 11) is 0. The molecule has 1 aromatic rings. The summed E-state index contributed by atoms with van der Waals surface area (Å²) in [6.07, 6.45) is 4.01. The number of halogens is 1. The van der Waals surface area contributed by atoms with Gasteiger partial charge in [0.25, 0.3) is 0 Å². The average molecular weight is 418 g/mol. The molecule has 0 fully saturated rings. The Morgan fingerprint density at radius 3 is 2.88 bits per heavy atom. The summed E-state index contributed by atoms with van der Waals surface area (Å²) < 4.78 is 6.43. The Balaban J connectivity index is 2.06. The van der Waals surface area contributed by atoms with E-state index in [4.69, 9.17) is 4.74 Å². The van der Waals surface area contributed by atoms with Gasteiger partial charge in [0.2, 0.25) is 0 Å². The molecule has 0 bridgehead atoms. The molecule has 1 heterocycles. The lowest BCUT2D eigenvalue weighted by molar-refractivity contribution is -0.139. The minimum Gasteiger partial charge on any atom is -0.462 e. The van der Waals surface area contributed by atoms with Crippen LogP contribution in [0.15, 0.2) is 51.3 Å². The SMILES string of the molecule is CCCCOC(=O)C1=C(C)NC2=C(C(=O)CCC2)C1c1cccc(Br)c1. The summed E-state index contributed by atoms with van der Waals surface area (Å²) in [6.45, 7) is 4.35. The van der Waals surface area contributed by atoms with Crippen LogP contribution in [0.25, 0.3) is 0 Å². The highest BCUT2D eigenvalue weighted by molar-refractivity contribution is 9.10. The number of ether oxygens (including phenoxy) is 1. The first-order valence-corrected chi connectivity index (χ1v) is 9.98. The number of dihydropyridines is 1. The predicted octanol–water partition coefficient (Wildman–Crippen LogP) is 4.76. The van der Waals surface area contributed by atoms with Gasteiger partial charge >= 0.3 is 5.97 Å². The summed E-state index contributed by atoms with van der Waals surface area (Å²) >= 11 is 3.51. The first kappa shape index (κ1) is 18.9. The van der Waals surface area contributed by atoms with Crippen molar-refractivity contribution in [1.29, 1.82) is 0 Å². The van der Waals surface area contributed by atoms with Crippen molar-refractivity contribution < 1.29 is 14.3 Å². The fourth-order valence-corrected chi connectivity index (χ4v) is 4.08. The standard InChI is InChI=1S/C21H24BrNO3/c1-3-4-11-26-21(25)18-13(2)23-16-9-6-10-17(24)20(16)19(18)14-7-5-8-15(22)12-14/h5,7-8,12,19,23H,3-4,6,9-11H2,1-2H3. The Morgan fingerprint density at radius 1 is 1.35 bits per heavy atom. The van der Waals surface area contributed by atoms with Gasteiger partial charge in [-0.1, -0.05) is 41.4 Å². The molecule has 0 saturated carbocycles. The Morgan fingerprint density at radius 2 is 2.15 bits per heavy atom. The maximum absolute atomic E-state index is 12.9. The molecule has 4 nitrogen and oxygen atoms in total. The molecule has 26 heavy (non-hydrogen) atoms. The van der Waals surface area contributed by atoms with Gasteiger partial charge in [0.05, 0.1) is 12.2 Å². The molecule has 138 valence electrons. The number of hydrogen-bond donors (Lipinski definition) is 1. The van der Waals surface area contributed by atoms with E-state index in [1.165, 1.54) is 0 Å². The molecule has 5 heteroatoms. The van der Waals surface area contributed by atoms with Crippen LogP contribution >= 0.6 is 15.9 Å². The van der Waals surface area contributed by atoms with Crippen molar-refractivity contribution >= 4 is 27.7 Å². The molecule has 1 unspecified atom stereocenters. The largest absolute Gasteiger partial charge is 0.462 e. The van der Waals surface area contributed by atoms with Crippen LogP contribution in [-0.2, 0) is 14.3 Å². The summed E-state index contributed by atoms with van der Waals surface area (Å²) in [4.78, 5) is 25.6. The minimum absolute atomic E-state index is 0.120. The van der Waals surface area contributed by atoms with Crippen molar-refractivity contribution in [2.75, 3.05) is 6.61 Å². The summed E-state index contributed by atoms with van der Waals surface area (Å²) in [6, 6.07) is 7.83. The second-order valence-electron chi connectivity index (χ2n) is 6.81. The van der Waals surface area contributed by atoms with Crippen LogP contribution in [0.3, 0.4) is 0 Å². The molecule has 3 rings (SSSR count). The number of allylic oxidation sites excluding steroid dienone is 3. The molecule has 0 aromatic heterocycles. The maximum Gasteiger partial charge on any atom is 0.336 e. The van der Waals surface area contributed by atoms with Gasteiger partial charge in [0.1, 0.15) is 0 Å². The van der Waals surface area contributed by atoms with Gasteiger partial charge in [-0.2, -0.15) is 0 Å². The van der Waals surface area contributed by atoms with Gasteiger partial charge in [-0.25, -0.2) is 4.79 Å². The van der Waals surface area contributed by atoms with Crippen molar-refractivity contribution in [3.8, 4) is 0 Å². The van der Waals surface area contributed by atoms with Crippen LogP contribution in [0, 0.1) is 0 Å². The van der Waals surface area contributed by atoms with Crippen molar-refractivity contribution in [3.63, 3.8) is 0 Å². The third-order valence-electron chi connectivity index (χ3n) is 4.91. The monoisotopic (exact) mass is 417 g/mol. The number of nitrogens with one attached hydrogen (secondary N) is 1. The summed E-state index contributed by atoms with van der Waals surface area (Å²) in [5, 5.41) is 3.31.